The molecule has 0 aliphatic carbocycles. The third-order valence-electron chi connectivity index (χ3n) is 4.46. The van der Waals surface area contributed by atoms with E-state index in [1.54, 1.807) is 0 Å². The molecule has 0 saturated carbocycles. The van der Waals surface area contributed by atoms with Gasteiger partial charge in [-0.1, -0.05) is 13.8 Å². The molecule has 4 nitrogen and oxygen atoms in total. The van der Waals surface area contributed by atoms with Crippen molar-refractivity contribution in [3.63, 3.8) is 0 Å². The van der Waals surface area contributed by atoms with Gasteiger partial charge in [0.2, 0.25) is 0 Å². The number of hydrogen-bond donors (Lipinski definition) is 2. The number of carbonyl (C=O) groups excluding carboxylic acids is 1. The maximum atomic E-state index is 13.0. The molecule has 0 aromatic heterocycles. The molecule has 2 N–H and O–H groups in total. The summed E-state index contributed by atoms with van der Waals surface area (Å²) in [4.78, 5) is 15.6. The zero-order chi connectivity index (χ0) is 16.1. The lowest BCUT2D eigenvalue weighted by Crippen LogP contribution is -3.16. The van der Waals surface area contributed by atoms with E-state index in [4.69, 9.17) is 0 Å². The quantitative estimate of drug-likeness (QED) is 0.840. The van der Waals surface area contributed by atoms with Gasteiger partial charge in [-0.15, -0.1) is 0 Å². The number of piperazine rings is 1. The predicted octanol–water partition coefficient (Wildman–Crippen LogP) is 0.691. The van der Waals surface area contributed by atoms with Crippen molar-refractivity contribution in [3.05, 3.63) is 30.1 Å². The Bertz CT molecular complexity index is 481. The van der Waals surface area contributed by atoms with E-state index in [0.717, 1.165) is 31.9 Å². The Balaban J connectivity index is 1.77. The number of rotatable bonds is 5. The van der Waals surface area contributed by atoms with Gasteiger partial charge in [-0.05, 0) is 37.1 Å². The highest BCUT2D eigenvalue weighted by molar-refractivity contribution is 5.77. The highest BCUT2D eigenvalue weighted by Crippen LogP contribution is 2.14. The van der Waals surface area contributed by atoms with Gasteiger partial charge >= 0.3 is 0 Å². The van der Waals surface area contributed by atoms with Gasteiger partial charge in [0, 0.05) is 11.7 Å². The molecule has 0 bridgehead atoms. The Kier molecular flexibility index (Phi) is 5.77. The van der Waals surface area contributed by atoms with Crippen LogP contribution in [-0.2, 0) is 4.79 Å². The molecule has 22 heavy (non-hydrogen) atoms. The molecule has 1 aliphatic heterocycles. The lowest BCUT2D eigenvalue weighted by Gasteiger charge is -2.33. The van der Waals surface area contributed by atoms with E-state index in [0.29, 0.717) is 12.5 Å². The van der Waals surface area contributed by atoms with Crippen molar-refractivity contribution < 1.29 is 14.1 Å². The van der Waals surface area contributed by atoms with Gasteiger partial charge in [-0.2, -0.15) is 0 Å². The summed E-state index contributed by atoms with van der Waals surface area (Å²) in [6.07, 6.45) is 0. The summed E-state index contributed by atoms with van der Waals surface area (Å²) < 4.78 is 13.0. The normalized spacial score (nSPS) is 17.6. The minimum Gasteiger partial charge on any atom is -0.360 e. The van der Waals surface area contributed by atoms with Crippen molar-refractivity contribution in [2.45, 2.75) is 26.8 Å². The standard InChI is InChI=1S/C17H26FN3O/c1-13(2)14(3)19-17(22)12-20-8-10-21(11-9-20)16-6-4-15(18)5-7-16/h4-7,13-14H,8-12H2,1-3H3,(H,19,22)/p+1/t14-/m0/s1. The fourth-order valence-corrected chi connectivity index (χ4v) is 2.61. The first kappa shape index (κ1) is 16.7. The maximum absolute atomic E-state index is 13.0. The first-order valence-electron chi connectivity index (χ1n) is 8.09. The largest absolute Gasteiger partial charge is 0.360 e. The summed E-state index contributed by atoms with van der Waals surface area (Å²) in [7, 11) is 0. The van der Waals surface area contributed by atoms with E-state index in [9.17, 15) is 9.18 Å². The molecule has 1 heterocycles. The Morgan fingerprint density at radius 1 is 1.23 bits per heavy atom. The molecule has 1 aliphatic rings. The summed E-state index contributed by atoms with van der Waals surface area (Å²) in [5.41, 5.74) is 1.05. The lowest BCUT2D eigenvalue weighted by molar-refractivity contribution is -0.892. The van der Waals surface area contributed by atoms with Gasteiger partial charge in [0.1, 0.15) is 5.82 Å². The van der Waals surface area contributed by atoms with E-state index in [2.05, 4.69) is 24.1 Å². The summed E-state index contributed by atoms with van der Waals surface area (Å²) >= 11 is 0. The number of halogens is 1. The Labute approximate surface area is 132 Å². The highest BCUT2D eigenvalue weighted by Gasteiger charge is 2.23. The Morgan fingerprint density at radius 2 is 1.82 bits per heavy atom. The van der Waals surface area contributed by atoms with Gasteiger partial charge in [-0.3, -0.25) is 4.79 Å². The van der Waals surface area contributed by atoms with Gasteiger partial charge < -0.3 is 15.1 Å². The highest BCUT2D eigenvalue weighted by atomic mass is 19.1. The minimum absolute atomic E-state index is 0.131. The second kappa shape index (κ2) is 7.58. The number of hydrogen-bond acceptors (Lipinski definition) is 2. The molecular weight excluding hydrogens is 281 g/mol. The van der Waals surface area contributed by atoms with Gasteiger partial charge in [0.25, 0.3) is 5.91 Å². The topological polar surface area (TPSA) is 36.8 Å². The van der Waals surface area contributed by atoms with Gasteiger partial charge in [-0.25, -0.2) is 4.39 Å². The SMILES string of the molecule is CC(C)[C@H](C)NC(=O)C[NH+]1CCN(c2ccc(F)cc2)CC1. The van der Waals surface area contributed by atoms with Crippen LogP contribution in [0.25, 0.3) is 0 Å². The van der Waals surface area contributed by atoms with Crippen molar-refractivity contribution in [2.24, 2.45) is 5.92 Å². The molecule has 1 aromatic carbocycles. The molecule has 2 rings (SSSR count). The van der Waals surface area contributed by atoms with E-state index in [1.165, 1.54) is 17.0 Å². The number of benzene rings is 1. The molecule has 1 amide bonds. The summed E-state index contributed by atoms with van der Waals surface area (Å²) in [6.45, 7) is 10.5. The average Bonchev–Trinajstić information content (AvgIpc) is 2.48. The zero-order valence-electron chi connectivity index (χ0n) is 13.7. The number of nitrogens with zero attached hydrogens (tertiary/aromatic N) is 1. The van der Waals surface area contributed by atoms with E-state index in [1.807, 2.05) is 19.1 Å². The average molecular weight is 308 g/mol. The Hall–Kier alpha value is -1.62. The molecule has 1 atom stereocenters. The van der Waals surface area contributed by atoms with Crippen LogP contribution in [0.1, 0.15) is 20.8 Å². The van der Waals surface area contributed by atoms with E-state index >= 15 is 0 Å². The molecule has 1 saturated heterocycles. The van der Waals surface area contributed by atoms with Crippen LogP contribution >= 0.6 is 0 Å². The van der Waals surface area contributed by atoms with Crippen LogP contribution in [0.15, 0.2) is 24.3 Å². The number of quaternary nitrogens is 1. The fraction of sp³-hybridized carbons (Fsp3) is 0.588. The fourth-order valence-electron chi connectivity index (χ4n) is 2.61. The number of anilines is 1. The van der Waals surface area contributed by atoms with Crippen molar-refractivity contribution >= 4 is 11.6 Å². The molecule has 0 spiro atoms. The van der Waals surface area contributed by atoms with E-state index < -0.39 is 0 Å². The van der Waals surface area contributed by atoms with Crippen molar-refractivity contribution in [1.82, 2.24) is 5.32 Å². The third-order valence-corrected chi connectivity index (χ3v) is 4.46. The monoisotopic (exact) mass is 308 g/mol. The van der Waals surface area contributed by atoms with Gasteiger partial charge in [0.15, 0.2) is 6.54 Å². The number of amides is 1. The molecule has 1 aromatic rings. The van der Waals surface area contributed by atoms with Crippen molar-refractivity contribution in [3.8, 4) is 0 Å². The molecular formula is C17H27FN3O+. The van der Waals surface area contributed by atoms with Crippen LogP contribution in [0.4, 0.5) is 10.1 Å². The molecule has 5 heteroatoms. The summed E-state index contributed by atoms with van der Waals surface area (Å²) in [5.74, 6) is 0.379. The van der Waals surface area contributed by atoms with Crippen molar-refractivity contribution in [1.29, 1.82) is 0 Å². The van der Waals surface area contributed by atoms with Crippen LogP contribution < -0.4 is 15.1 Å². The number of carbonyl (C=O) groups is 1. The first-order chi connectivity index (χ1) is 10.5. The molecule has 0 unspecified atom stereocenters. The third kappa shape index (κ3) is 4.70. The first-order valence-corrected chi connectivity index (χ1v) is 8.09. The van der Waals surface area contributed by atoms with Crippen LogP contribution in [0.2, 0.25) is 0 Å². The summed E-state index contributed by atoms with van der Waals surface area (Å²) in [5, 5.41) is 3.06. The van der Waals surface area contributed by atoms with Crippen molar-refractivity contribution in [2.75, 3.05) is 37.6 Å². The van der Waals surface area contributed by atoms with Crippen LogP contribution in [0, 0.1) is 11.7 Å². The van der Waals surface area contributed by atoms with Crippen LogP contribution in [-0.4, -0.2) is 44.7 Å². The Morgan fingerprint density at radius 3 is 2.36 bits per heavy atom. The second-order valence-corrected chi connectivity index (χ2v) is 6.49. The smallest absolute Gasteiger partial charge is 0.275 e. The predicted molar refractivity (Wildman–Crippen MR) is 86.6 cm³/mol. The number of nitrogens with one attached hydrogen (secondary N) is 2. The second-order valence-electron chi connectivity index (χ2n) is 6.49. The van der Waals surface area contributed by atoms with Crippen LogP contribution in [0.5, 0.6) is 0 Å². The minimum atomic E-state index is -0.205. The zero-order valence-corrected chi connectivity index (χ0v) is 13.7. The van der Waals surface area contributed by atoms with Gasteiger partial charge in [0.05, 0.1) is 26.2 Å². The van der Waals surface area contributed by atoms with Crippen LogP contribution in [0.3, 0.4) is 0 Å². The lowest BCUT2D eigenvalue weighted by atomic mass is 10.1. The maximum Gasteiger partial charge on any atom is 0.275 e. The molecule has 0 radical (unpaired) electrons. The molecule has 1 fully saturated rings. The summed E-state index contributed by atoms with van der Waals surface area (Å²) in [6, 6.07) is 6.84. The van der Waals surface area contributed by atoms with E-state index in [-0.39, 0.29) is 17.8 Å². The molecule has 122 valence electrons.